The molecule has 2 atom stereocenters. The lowest BCUT2D eigenvalue weighted by Crippen LogP contribution is -2.28. The van der Waals surface area contributed by atoms with Crippen molar-refractivity contribution in [1.82, 2.24) is 9.88 Å². The number of carbonyl (C=O) groups excluding carboxylic acids is 1. The number of nitrogens with zero attached hydrogens (tertiary/aromatic N) is 2. The Morgan fingerprint density at radius 3 is 2.57 bits per heavy atom. The predicted molar refractivity (Wildman–Crippen MR) is 113 cm³/mol. The summed E-state index contributed by atoms with van der Waals surface area (Å²) in [5, 5.41) is 5.79. The normalized spacial score (nSPS) is 19.6. The van der Waals surface area contributed by atoms with Crippen LogP contribution >= 0.6 is 11.3 Å². The van der Waals surface area contributed by atoms with Crippen LogP contribution in [0.1, 0.15) is 22.2 Å². The number of thiazole rings is 1. The largest absolute Gasteiger partial charge is 0.326 e. The van der Waals surface area contributed by atoms with Crippen molar-refractivity contribution >= 4 is 22.9 Å². The summed E-state index contributed by atoms with van der Waals surface area (Å²) in [7, 11) is 0. The molecule has 1 amide bonds. The average Bonchev–Trinajstić information content (AvgIpc) is 3.29. The van der Waals surface area contributed by atoms with Crippen LogP contribution in [0.5, 0.6) is 0 Å². The van der Waals surface area contributed by atoms with E-state index in [9.17, 15) is 4.79 Å². The van der Waals surface area contributed by atoms with Crippen molar-refractivity contribution in [3.63, 3.8) is 0 Å². The lowest BCUT2D eigenvalue weighted by atomic mass is 9.95. The van der Waals surface area contributed by atoms with E-state index in [-0.39, 0.29) is 11.9 Å². The van der Waals surface area contributed by atoms with Crippen molar-refractivity contribution < 1.29 is 4.79 Å². The van der Waals surface area contributed by atoms with E-state index < -0.39 is 0 Å². The van der Waals surface area contributed by atoms with E-state index >= 15 is 0 Å². The lowest BCUT2D eigenvalue weighted by molar-refractivity contribution is -0.115. The molecule has 4 rings (SSSR count). The summed E-state index contributed by atoms with van der Waals surface area (Å²) in [5.41, 5.74) is 9.50. The molecule has 5 nitrogen and oxygen atoms in total. The van der Waals surface area contributed by atoms with E-state index in [1.54, 1.807) is 0 Å². The molecule has 0 aliphatic carbocycles. The molecule has 0 bridgehead atoms. The second kappa shape index (κ2) is 8.65. The van der Waals surface area contributed by atoms with Gasteiger partial charge in [-0.15, -0.1) is 11.3 Å². The molecule has 1 aliphatic heterocycles. The van der Waals surface area contributed by atoms with Crippen LogP contribution in [0, 0.1) is 0 Å². The molecule has 6 heteroatoms. The molecule has 1 saturated heterocycles. The molecule has 2 aromatic carbocycles. The van der Waals surface area contributed by atoms with Crippen LogP contribution in [0.2, 0.25) is 0 Å². The molecule has 1 aliphatic rings. The summed E-state index contributed by atoms with van der Waals surface area (Å²) in [6.07, 6.45) is 0.297. The highest BCUT2D eigenvalue weighted by atomic mass is 32.1. The minimum atomic E-state index is -0.0422. The number of para-hydroxylation sites is 1. The first-order valence-corrected chi connectivity index (χ1v) is 10.4. The summed E-state index contributed by atoms with van der Waals surface area (Å²) < 4.78 is 0. The van der Waals surface area contributed by atoms with Gasteiger partial charge >= 0.3 is 0 Å². The summed E-state index contributed by atoms with van der Waals surface area (Å²) in [6.45, 7) is 2.57. The fourth-order valence-corrected chi connectivity index (χ4v) is 4.47. The van der Waals surface area contributed by atoms with Gasteiger partial charge in [0.1, 0.15) is 5.01 Å². The van der Waals surface area contributed by atoms with Crippen LogP contribution in [-0.4, -0.2) is 34.9 Å². The first kappa shape index (κ1) is 18.8. The Hall–Kier alpha value is -2.54. The van der Waals surface area contributed by atoms with E-state index in [1.165, 1.54) is 16.9 Å². The Kier molecular flexibility index (Phi) is 5.81. The van der Waals surface area contributed by atoms with Crippen LogP contribution in [0.25, 0.3) is 0 Å². The van der Waals surface area contributed by atoms with Crippen LogP contribution < -0.4 is 11.1 Å². The third kappa shape index (κ3) is 4.65. The topological polar surface area (TPSA) is 71.2 Å². The lowest BCUT2D eigenvalue weighted by Gasteiger charge is -2.15. The van der Waals surface area contributed by atoms with Crippen molar-refractivity contribution in [1.29, 1.82) is 0 Å². The van der Waals surface area contributed by atoms with Gasteiger partial charge in [0.2, 0.25) is 5.91 Å². The zero-order valence-electron chi connectivity index (χ0n) is 15.6. The van der Waals surface area contributed by atoms with Gasteiger partial charge in [-0.3, -0.25) is 9.69 Å². The zero-order chi connectivity index (χ0) is 19.3. The monoisotopic (exact) mass is 392 g/mol. The highest BCUT2D eigenvalue weighted by Crippen LogP contribution is 2.27. The predicted octanol–water partition coefficient (Wildman–Crippen LogP) is 3.25. The van der Waals surface area contributed by atoms with Crippen LogP contribution in [0.4, 0.5) is 5.69 Å². The summed E-state index contributed by atoms with van der Waals surface area (Å²) >= 11 is 1.54. The minimum Gasteiger partial charge on any atom is -0.326 e. The average molecular weight is 393 g/mol. The number of nitrogens with two attached hydrogens (primary N) is 1. The highest BCUT2D eigenvalue weighted by molar-refractivity contribution is 7.09. The summed E-state index contributed by atoms with van der Waals surface area (Å²) in [6, 6.07) is 20.1. The van der Waals surface area contributed by atoms with Gasteiger partial charge in [-0.05, 0) is 17.7 Å². The molecular formula is C22H24N4OS. The van der Waals surface area contributed by atoms with Gasteiger partial charge in [0.25, 0.3) is 0 Å². The van der Waals surface area contributed by atoms with E-state index in [0.29, 0.717) is 12.3 Å². The molecule has 2 heterocycles. The van der Waals surface area contributed by atoms with Gasteiger partial charge in [-0.25, -0.2) is 4.98 Å². The highest BCUT2D eigenvalue weighted by Gasteiger charge is 2.31. The van der Waals surface area contributed by atoms with E-state index in [1.807, 2.05) is 41.8 Å². The number of likely N-dealkylation sites (tertiary alicyclic amines) is 1. The van der Waals surface area contributed by atoms with Crippen LogP contribution in [-0.2, 0) is 17.8 Å². The molecular weight excluding hydrogens is 368 g/mol. The third-order valence-electron chi connectivity index (χ3n) is 5.02. The van der Waals surface area contributed by atoms with Gasteiger partial charge in [-0.2, -0.15) is 0 Å². The summed E-state index contributed by atoms with van der Waals surface area (Å²) in [4.78, 5) is 19.2. The number of aromatic nitrogens is 1. The van der Waals surface area contributed by atoms with Crippen molar-refractivity contribution in [2.75, 3.05) is 18.4 Å². The van der Waals surface area contributed by atoms with Crippen molar-refractivity contribution in [3.8, 4) is 0 Å². The molecule has 144 valence electrons. The quantitative estimate of drug-likeness (QED) is 0.676. The van der Waals surface area contributed by atoms with E-state index in [4.69, 9.17) is 5.73 Å². The zero-order valence-corrected chi connectivity index (χ0v) is 16.4. The Labute approximate surface area is 169 Å². The standard InChI is InChI=1S/C22H24N4OS/c23-20-14-26(13-19(20)16-7-3-1-4-8-16)12-18-15-28-22(25-18)11-21(27)24-17-9-5-2-6-10-17/h1-10,15,19-20H,11-14,23H2,(H,24,27)/t19-,20+/m0/s1. The molecule has 1 fully saturated rings. The maximum Gasteiger partial charge on any atom is 0.231 e. The number of hydrogen-bond acceptors (Lipinski definition) is 5. The third-order valence-corrected chi connectivity index (χ3v) is 5.92. The number of amides is 1. The Balaban J connectivity index is 1.32. The Morgan fingerprint density at radius 2 is 1.82 bits per heavy atom. The number of hydrogen-bond donors (Lipinski definition) is 2. The molecule has 1 aromatic heterocycles. The Morgan fingerprint density at radius 1 is 1.11 bits per heavy atom. The minimum absolute atomic E-state index is 0.0422. The van der Waals surface area contributed by atoms with Crippen molar-refractivity contribution in [2.45, 2.75) is 24.9 Å². The second-order valence-corrected chi connectivity index (χ2v) is 8.14. The van der Waals surface area contributed by atoms with Gasteiger partial charge in [0.05, 0.1) is 12.1 Å². The fraction of sp³-hybridized carbons (Fsp3) is 0.273. The fourth-order valence-electron chi connectivity index (χ4n) is 3.69. The molecule has 28 heavy (non-hydrogen) atoms. The van der Waals surface area contributed by atoms with Crippen LogP contribution in [0.15, 0.2) is 66.0 Å². The van der Waals surface area contributed by atoms with Gasteiger partial charge < -0.3 is 11.1 Å². The summed E-state index contributed by atoms with van der Waals surface area (Å²) in [5.74, 6) is 0.315. The molecule has 3 N–H and O–H groups in total. The second-order valence-electron chi connectivity index (χ2n) is 7.20. The molecule has 0 radical (unpaired) electrons. The van der Waals surface area contributed by atoms with Gasteiger partial charge in [0, 0.05) is 42.7 Å². The maximum atomic E-state index is 12.2. The van der Waals surface area contributed by atoms with E-state index in [0.717, 1.165) is 36.0 Å². The number of carbonyl (C=O) groups is 1. The van der Waals surface area contributed by atoms with Crippen LogP contribution in [0.3, 0.4) is 0 Å². The van der Waals surface area contributed by atoms with Crippen molar-refractivity contribution in [2.24, 2.45) is 5.73 Å². The number of nitrogens with one attached hydrogen (secondary N) is 1. The van der Waals surface area contributed by atoms with E-state index in [2.05, 4.69) is 39.5 Å². The molecule has 3 aromatic rings. The smallest absolute Gasteiger partial charge is 0.231 e. The molecule has 0 spiro atoms. The van der Waals surface area contributed by atoms with Gasteiger partial charge in [-0.1, -0.05) is 48.5 Å². The molecule has 0 unspecified atom stereocenters. The number of anilines is 1. The number of benzene rings is 2. The first-order chi connectivity index (χ1) is 13.7. The SMILES string of the molecule is N[C@@H]1CN(Cc2csc(CC(=O)Nc3ccccc3)n2)C[C@H]1c1ccccc1. The van der Waals surface area contributed by atoms with Crippen molar-refractivity contribution in [3.05, 3.63) is 82.3 Å². The Bertz CT molecular complexity index is 913. The molecule has 0 saturated carbocycles. The van der Waals surface area contributed by atoms with Gasteiger partial charge in [0.15, 0.2) is 0 Å². The number of rotatable bonds is 6. The maximum absolute atomic E-state index is 12.2. The first-order valence-electron chi connectivity index (χ1n) is 9.48.